The Kier molecular flexibility index (Phi) is 20.8. The van der Waals surface area contributed by atoms with Gasteiger partial charge in [0, 0.05) is 118 Å². The largest absolute Gasteiger partial charge is 0.513 e. The molecule has 0 saturated carbocycles. The SMILES string of the molecule is CC1(C)OB(c2ccn[nH]2)OC1(C)C.NCCc1cccnn1.Nc1cc(Cl)c2ccc(Br)cc2n1.Nc1cc(NCCc2cccnn2)c2ccc(-c3ccn[nH]3)cc2n1.Nc1cc(NCCc2cccnn2)c2ccc(Br)cc2n1. The van der Waals surface area contributed by atoms with Gasteiger partial charge in [-0.1, -0.05) is 61.7 Å². The number of nitrogens with one attached hydrogen (secondary N) is 4. The number of H-pyrrole nitrogens is 2. The molecule has 0 radical (unpaired) electrons. The third-order valence-electron chi connectivity index (χ3n) is 12.9. The van der Waals surface area contributed by atoms with Crippen LogP contribution < -0.4 is 39.2 Å². The standard InChI is InChI=1S/C18H17N7.C15H14BrN5.C9H15BN2O2.C9H6BrClN2.C6H9N3/c19-18-11-16(20-8-5-13-2-1-7-21-24-13)14-4-3-12(10-17(14)23-18)15-6-9-22-25-15;16-10-3-4-12-13(9-15(17)20-14(12)8-10)18-7-5-11-2-1-6-19-21-11;1-8(2)9(3,4)14-10(13-8)7-5-6-11-12-7;10-5-1-2-6-7(11)4-9(12)13-8(6)3-5;7-4-3-6-2-1-5-8-9-6/h1-4,6-7,9-11H,5,8H2,(H,22,25)(H3,19,20,23);1-4,6,8-9H,5,7H2,(H3,17,18,20);5-6H,1-4H3,(H,11,12);1-4H,(H2,12,13);1-2,5H,3-4,7H2. The minimum absolute atomic E-state index is 0.289. The van der Waals surface area contributed by atoms with Crippen LogP contribution in [0.3, 0.4) is 0 Å². The highest BCUT2D eigenvalue weighted by Gasteiger charge is 2.52. The molecule has 0 atom stereocenters. The molecule has 0 amide bonds. The lowest BCUT2D eigenvalue weighted by atomic mass is 9.85. The number of benzene rings is 3. The van der Waals surface area contributed by atoms with Crippen LogP contribution in [0.4, 0.5) is 28.8 Å². The van der Waals surface area contributed by atoms with Gasteiger partial charge in [0.2, 0.25) is 0 Å². The molecule has 82 heavy (non-hydrogen) atoms. The Bertz CT molecular complexity index is 3760. The monoisotopic (exact) mass is 1250 g/mol. The zero-order valence-electron chi connectivity index (χ0n) is 45.4. The second-order valence-corrected chi connectivity index (χ2v) is 21.6. The number of pyridine rings is 3. The number of halogens is 3. The quantitative estimate of drug-likeness (QED) is 0.0528. The minimum Gasteiger partial charge on any atom is -0.398 e. The Labute approximate surface area is 496 Å². The van der Waals surface area contributed by atoms with E-state index in [1.807, 2.05) is 143 Å². The maximum absolute atomic E-state index is 5.98. The van der Waals surface area contributed by atoms with Gasteiger partial charge >= 0.3 is 7.12 Å². The van der Waals surface area contributed by atoms with Gasteiger partial charge in [-0.15, -0.1) is 0 Å². The van der Waals surface area contributed by atoms with Gasteiger partial charge in [0.15, 0.2) is 0 Å². The predicted octanol–water partition coefficient (Wildman–Crippen LogP) is 9.60. The fourth-order valence-corrected chi connectivity index (χ4v) is 9.06. The molecule has 3 aromatic carbocycles. The molecule has 12 rings (SSSR count). The van der Waals surface area contributed by atoms with E-state index in [0.717, 1.165) is 119 Å². The maximum Gasteiger partial charge on any atom is 0.513 e. The van der Waals surface area contributed by atoms with Crippen molar-refractivity contribution in [3.8, 4) is 11.3 Å². The highest BCUT2D eigenvalue weighted by Crippen LogP contribution is 2.36. The molecule has 25 heteroatoms. The summed E-state index contributed by atoms with van der Waals surface area (Å²) in [7, 11) is -0.331. The van der Waals surface area contributed by atoms with E-state index >= 15 is 0 Å². The molecule has 0 unspecified atom stereocenters. The Morgan fingerprint density at radius 1 is 0.537 bits per heavy atom. The van der Waals surface area contributed by atoms with E-state index in [0.29, 0.717) is 29.0 Å². The summed E-state index contributed by atoms with van der Waals surface area (Å²) in [5.41, 5.74) is 32.3. The number of rotatable bonds is 12. The third-order valence-corrected chi connectivity index (χ3v) is 14.2. The molecule has 1 aliphatic rings. The summed E-state index contributed by atoms with van der Waals surface area (Å²) in [4.78, 5) is 13.0. The van der Waals surface area contributed by atoms with Gasteiger partial charge in [0.25, 0.3) is 0 Å². The van der Waals surface area contributed by atoms with Crippen LogP contribution in [0.5, 0.6) is 0 Å². The van der Waals surface area contributed by atoms with Crippen molar-refractivity contribution in [2.75, 3.05) is 47.5 Å². The van der Waals surface area contributed by atoms with Crippen LogP contribution in [0.1, 0.15) is 44.8 Å². The second-order valence-electron chi connectivity index (χ2n) is 19.4. The van der Waals surface area contributed by atoms with Crippen molar-refractivity contribution in [3.63, 3.8) is 0 Å². The summed E-state index contributed by atoms with van der Waals surface area (Å²) in [6.07, 6.45) is 10.8. The molecule has 8 aromatic heterocycles. The Morgan fingerprint density at radius 3 is 1.48 bits per heavy atom. The number of anilines is 5. The first kappa shape index (κ1) is 59.9. The number of nitrogen functional groups attached to an aromatic ring is 3. The molecular formula is C57H61BBr2ClN19O2. The number of nitrogens with two attached hydrogens (primary N) is 4. The number of aromatic amines is 2. The van der Waals surface area contributed by atoms with Crippen LogP contribution in [0, 0.1) is 0 Å². The summed E-state index contributed by atoms with van der Waals surface area (Å²) in [6.45, 7) is 10.3. The van der Waals surface area contributed by atoms with E-state index in [9.17, 15) is 0 Å². The van der Waals surface area contributed by atoms with E-state index in [1.54, 1.807) is 37.1 Å². The van der Waals surface area contributed by atoms with E-state index in [1.165, 1.54) is 0 Å². The number of hydrogen-bond acceptors (Lipinski definition) is 19. The fraction of sp³-hybridized carbons (Fsp3) is 0.211. The van der Waals surface area contributed by atoms with E-state index in [4.69, 9.17) is 43.8 Å². The van der Waals surface area contributed by atoms with Crippen LogP contribution in [0.25, 0.3) is 44.0 Å². The molecule has 0 bridgehead atoms. The first-order valence-electron chi connectivity index (χ1n) is 25.9. The lowest BCUT2D eigenvalue weighted by molar-refractivity contribution is 0.00578. The maximum atomic E-state index is 5.98. The van der Waals surface area contributed by atoms with Gasteiger partial charge in [-0.2, -0.15) is 40.8 Å². The molecule has 1 saturated heterocycles. The molecule has 0 spiro atoms. The van der Waals surface area contributed by atoms with Crippen LogP contribution in [-0.2, 0) is 28.6 Å². The number of hydrogen-bond donors (Lipinski definition) is 8. The van der Waals surface area contributed by atoms with Crippen molar-refractivity contribution in [1.29, 1.82) is 0 Å². The molecule has 11 aromatic rings. The third kappa shape index (κ3) is 16.7. The van der Waals surface area contributed by atoms with Crippen molar-refractivity contribution < 1.29 is 9.31 Å². The summed E-state index contributed by atoms with van der Waals surface area (Å²) in [5.74, 6) is 1.43. The topological polar surface area (TPSA) is 320 Å². The molecule has 420 valence electrons. The molecule has 9 heterocycles. The van der Waals surface area contributed by atoms with Crippen molar-refractivity contribution in [1.82, 2.24) is 65.9 Å². The highest BCUT2D eigenvalue weighted by atomic mass is 79.9. The molecule has 1 fully saturated rings. The minimum atomic E-state index is -0.331. The van der Waals surface area contributed by atoms with Crippen LogP contribution >= 0.6 is 43.5 Å². The summed E-state index contributed by atoms with van der Waals surface area (Å²) in [6, 6.07) is 38.4. The average Bonchev–Trinajstić information content (AvgIpc) is 4.06. The first-order chi connectivity index (χ1) is 39.5. The Hall–Kier alpha value is -8.26. The molecular weight excluding hydrogens is 1190 g/mol. The van der Waals surface area contributed by atoms with E-state index in [-0.39, 0.29) is 18.3 Å². The summed E-state index contributed by atoms with van der Waals surface area (Å²) < 4.78 is 13.6. The highest BCUT2D eigenvalue weighted by molar-refractivity contribution is 9.10. The lowest BCUT2D eigenvalue weighted by Gasteiger charge is -2.32. The normalized spacial score (nSPS) is 12.9. The van der Waals surface area contributed by atoms with Crippen molar-refractivity contribution >= 4 is 118 Å². The Morgan fingerprint density at radius 2 is 1.00 bits per heavy atom. The number of nitrogens with zero attached hydrogens (tertiary/aromatic N) is 11. The van der Waals surface area contributed by atoms with Crippen molar-refractivity contribution in [3.05, 3.63) is 183 Å². The Balaban J connectivity index is 0.000000140. The fourth-order valence-electron chi connectivity index (χ4n) is 8.09. The van der Waals surface area contributed by atoms with Crippen LogP contribution in [0.2, 0.25) is 5.02 Å². The smallest absolute Gasteiger partial charge is 0.398 e. The summed E-state index contributed by atoms with van der Waals surface area (Å²) in [5, 5.41) is 47.6. The zero-order chi connectivity index (χ0) is 58.1. The first-order valence-corrected chi connectivity index (χ1v) is 27.9. The van der Waals surface area contributed by atoms with Crippen molar-refractivity contribution in [2.45, 2.75) is 58.2 Å². The van der Waals surface area contributed by atoms with Gasteiger partial charge in [0.1, 0.15) is 17.5 Å². The molecule has 12 N–H and O–H groups in total. The molecule has 0 aliphatic carbocycles. The van der Waals surface area contributed by atoms with Crippen LogP contribution in [-0.4, -0.2) is 104 Å². The van der Waals surface area contributed by atoms with Gasteiger partial charge in [0.05, 0.1) is 61.1 Å². The summed E-state index contributed by atoms with van der Waals surface area (Å²) >= 11 is 12.8. The van der Waals surface area contributed by atoms with Gasteiger partial charge in [-0.25, -0.2) is 15.0 Å². The molecule has 1 aliphatic heterocycles. The predicted molar refractivity (Wildman–Crippen MR) is 334 cm³/mol. The lowest BCUT2D eigenvalue weighted by Crippen LogP contribution is -2.41. The van der Waals surface area contributed by atoms with Gasteiger partial charge in [-0.3, -0.25) is 10.2 Å². The van der Waals surface area contributed by atoms with Gasteiger partial charge < -0.3 is 42.9 Å². The number of fused-ring (bicyclic) bond motifs is 3. The van der Waals surface area contributed by atoms with E-state index < -0.39 is 0 Å². The van der Waals surface area contributed by atoms with Crippen molar-refractivity contribution in [2.24, 2.45) is 5.73 Å². The second kappa shape index (κ2) is 28.4. The molecule has 21 nitrogen and oxygen atoms in total. The van der Waals surface area contributed by atoms with Crippen LogP contribution in [0.15, 0.2) is 161 Å². The average molecular weight is 1250 g/mol. The number of aromatic nitrogens is 13. The van der Waals surface area contributed by atoms with E-state index in [2.05, 4.69) is 108 Å². The zero-order valence-corrected chi connectivity index (χ0v) is 49.4. The van der Waals surface area contributed by atoms with Gasteiger partial charge in [-0.05, 0) is 125 Å².